The maximum atomic E-state index is 5.25. The van der Waals surface area contributed by atoms with Crippen LogP contribution in [0.3, 0.4) is 0 Å². The van der Waals surface area contributed by atoms with Crippen LogP contribution in [0.2, 0.25) is 0 Å². The lowest BCUT2D eigenvalue weighted by molar-refractivity contribution is 0.358. The number of benzene rings is 1. The van der Waals surface area contributed by atoms with Crippen LogP contribution in [0, 0.1) is 0 Å². The Labute approximate surface area is 193 Å². The van der Waals surface area contributed by atoms with Gasteiger partial charge in [0.1, 0.15) is 5.75 Å². The molecule has 0 unspecified atom stereocenters. The number of hydrogen-bond donors (Lipinski definition) is 2. The highest BCUT2D eigenvalue weighted by Crippen LogP contribution is 2.32. The molecule has 4 aromatic rings. The minimum absolute atomic E-state index is 0.442. The second kappa shape index (κ2) is 9.85. The minimum atomic E-state index is 0.442. The van der Waals surface area contributed by atoms with E-state index in [2.05, 4.69) is 32.3 Å². The predicted octanol–water partition coefficient (Wildman–Crippen LogP) is 5.13. The quantitative estimate of drug-likeness (QED) is 0.390. The Kier molecular flexibility index (Phi) is 6.32. The van der Waals surface area contributed by atoms with Crippen molar-refractivity contribution in [3.63, 3.8) is 0 Å². The molecule has 0 spiro atoms. The zero-order valence-corrected chi connectivity index (χ0v) is 18.9. The Morgan fingerprint density at radius 3 is 2.67 bits per heavy atom. The molecule has 170 valence electrons. The third-order valence-corrected chi connectivity index (χ3v) is 6.17. The second-order valence-electron chi connectivity index (χ2n) is 8.40. The highest BCUT2D eigenvalue weighted by atomic mass is 16.5. The first-order valence-electron chi connectivity index (χ1n) is 11.6. The van der Waals surface area contributed by atoms with Gasteiger partial charge in [-0.2, -0.15) is 9.97 Å². The smallest absolute Gasteiger partial charge is 0.231 e. The number of nitrogens with zero attached hydrogens (tertiary/aromatic N) is 5. The van der Waals surface area contributed by atoms with E-state index in [1.54, 1.807) is 19.5 Å². The van der Waals surface area contributed by atoms with Crippen molar-refractivity contribution in [2.75, 3.05) is 24.3 Å². The molecule has 1 saturated carbocycles. The standard InChI is InChI=1S/C25H29N7O/c1-33-21-11-9-18(10-12-21)13-15-27-23-22-24(32(17-28-22)20-7-3-2-4-8-20)31-25(30-23)29-19-6-5-14-26-16-19/h5-6,9-12,14,16-17,20H,2-4,7-8,13,15H2,1H3,(H2,27,29,30,31). The van der Waals surface area contributed by atoms with Crippen LogP contribution in [0.5, 0.6) is 5.75 Å². The van der Waals surface area contributed by atoms with Crippen LogP contribution in [0.25, 0.3) is 11.2 Å². The molecule has 0 radical (unpaired) electrons. The Morgan fingerprint density at radius 1 is 1.06 bits per heavy atom. The van der Waals surface area contributed by atoms with Gasteiger partial charge in [-0.25, -0.2) is 4.98 Å². The van der Waals surface area contributed by atoms with Gasteiger partial charge in [0.15, 0.2) is 17.0 Å². The molecule has 8 heteroatoms. The highest BCUT2D eigenvalue weighted by molar-refractivity contribution is 5.84. The zero-order valence-electron chi connectivity index (χ0n) is 18.9. The summed E-state index contributed by atoms with van der Waals surface area (Å²) in [5.41, 5.74) is 3.77. The lowest BCUT2D eigenvalue weighted by Crippen LogP contribution is -2.13. The molecule has 5 rings (SSSR count). The maximum absolute atomic E-state index is 5.25. The van der Waals surface area contributed by atoms with Gasteiger partial charge < -0.3 is 19.9 Å². The minimum Gasteiger partial charge on any atom is -0.497 e. The van der Waals surface area contributed by atoms with E-state index in [-0.39, 0.29) is 0 Å². The van der Waals surface area contributed by atoms with E-state index in [4.69, 9.17) is 19.7 Å². The monoisotopic (exact) mass is 443 g/mol. The molecule has 0 atom stereocenters. The Bertz CT molecular complexity index is 1180. The molecule has 0 aliphatic heterocycles. The van der Waals surface area contributed by atoms with Crippen molar-refractivity contribution >= 4 is 28.6 Å². The van der Waals surface area contributed by atoms with Gasteiger partial charge in [-0.15, -0.1) is 0 Å². The lowest BCUT2D eigenvalue weighted by atomic mass is 9.95. The molecule has 1 aromatic carbocycles. The van der Waals surface area contributed by atoms with Crippen LogP contribution < -0.4 is 15.4 Å². The van der Waals surface area contributed by atoms with Crippen molar-refractivity contribution in [1.29, 1.82) is 0 Å². The van der Waals surface area contributed by atoms with Crippen LogP contribution in [0.1, 0.15) is 43.7 Å². The highest BCUT2D eigenvalue weighted by Gasteiger charge is 2.21. The van der Waals surface area contributed by atoms with Crippen molar-refractivity contribution in [3.8, 4) is 5.75 Å². The Balaban J connectivity index is 1.41. The fraction of sp³-hybridized carbons (Fsp3) is 0.360. The van der Waals surface area contributed by atoms with Crippen LogP contribution in [-0.4, -0.2) is 38.2 Å². The summed E-state index contributed by atoms with van der Waals surface area (Å²) in [6, 6.07) is 12.4. The maximum Gasteiger partial charge on any atom is 0.231 e. The van der Waals surface area contributed by atoms with Crippen molar-refractivity contribution in [1.82, 2.24) is 24.5 Å². The number of imidazole rings is 1. The number of nitrogens with one attached hydrogen (secondary N) is 2. The van der Waals surface area contributed by atoms with Crippen molar-refractivity contribution in [2.45, 2.75) is 44.6 Å². The summed E-state index contributed by atoms with van der Waals surface area (Å²) >= 11 is 0. The zero-order chi connectivity index (χ0) is 22.5. The third kappa shape index (κ3) is 4.89. The molecular weight excluding hydrogens is 414 g/mol. The number of methoxy groups -OCH3 is 1. The van der Waals surface area contributed by atoms with Crippen LogP contribution in [0.4, 0.5) is 17.5 Å². The Hall–Kier alpha value is -3.68. The summed E-state index contributed by atoms with van der Waals surface area (Å²) in [5.74, 6) is 2.15. The van der Waals surface area contributed by atoms with E-state index in [1.165, 1.54) is 37.7 Å². The fourth-order valence-corrected chi connectivity index (χ4v) is 4.41. The van der Waals surface area contributed by atoms with Crippen LogP contribution in [0.15, 0.2) is 55.1 Å². The summed E-state index contributed by atoms with van der Waals surface area (Å²) in [6.07, 6.45) is 12.5. The lowest BCUT2D eigenvalue weighted by Gasteiger charge is -2.23. The van der Waals surface area contributed by atoms with Gasteiger partial charge in [-0.05, 0) is 49.1 Å². The molecule has 3 heterocycles. The van der Waals surface area contributed by atoms with Gasteiger partial charge in [0.25, 0.3) is 0 Å². The van der Waals surface area contributed by atoms with Gasteiger partial charge in [-0.1, -0.05) is 31.4 Å². The first kappa shape index (κ1) is 21.2. The average Bonchev–Trinajstić information content (AvgIpc) is 3.30. The second-order valence-corrected chi connectivity index (χ2v) is 8.40. The van der Waals surface area contributed by atoms with Crippen LogP contribution in [-0.2, 0) is 6.42 Å². The van der Waals surface area contributed by atoms with Crippen molar-refractivity contribution in [2.24, 2.45) is 0 Å². The van der Waals surface area contributed by atoms with E-state index in [9.17, 15) is 0 Å². The third-order valence-electron chi connectivity index (χ3n) is 6.17. The summed E-state index contributed by atoms with van der Waals surface area (Å²) < 4.78 is 7.49. The van der Waals surface area contributed by atoms with Gasteiger partial charge in [-0.3, -0.25) is 4.98 Å². The summed E-state index contributed by atoms with van der Waals surface area (Å²) in [7, 11) is 1.68. The molecule has 2 N–H and O–H groups in total. The predicted molar refractivity (Wildman–Crippen MR) is 130 cm³/mol. The van der Waals surface area contributed by atoms with Crippen LogP contribution >= 0.6 is 0 Å². The van der Waals surface area contributed by atoms with Gasteiger partial charge in [0.05, 0.1) is 25.3 Å². The largest absolute Gasteiger partial charge is 0.497 e. The number of rotatable bonds is 8. The average molecular weight is 444 g/mol. The molecule has 3 aromatic heterocycles. The number of fused-ring (bicyclic) bond motifs is 1. The molecule has 1 aliphatic rings. The molecule has 0 amide bonds. The number of anilines is 3. The van der Waals surface area contributed by atoms with Crippen molar-refractivity contribution in [3.05, 3.63) is 60.7 Å². The first-order valence-corrected chi connectivity index (χ1v) is 11.6. The summed E-state index contributed by atoms with van der Waals surface area (Å²) in [4.78, 5) is 18.5. The number of hydrogen-bond acceptors (Lipinski definition) is 7. The van der Waals surface area contributed by atoms with E-state index >= 15 is 0 Å². The molecular formula is C25H29N7O. The molecule has 1 fully saturated rings. The van der Waals surface area contributed by atoms with E-state index in [1.807, 2.05) is 30.6 Å². The summed E-state index contributed by atoms with van der Waals surface area (Å²) in [6.45, 7) is 0.737. The number of ether oxygens (including phenoxy) is 1. The van der Waals surface area contributed by atoms with Gasteiger partial charge in [0.2, 0.25) is 5.95 Å². The molecule has 8 nitrogen and oxygen atoms in total. The topological polar surface area (TPSA) is 89.8 Å². The van der Waals surface area contributed by atoms with Crippen molar-refractivity contribution < 1.29 is 4.74 Å². The molecule has 0 bridgehead atoms. The fourth-order valence-electron chi connectivity index (χ4n) is 4.41. The van der Waals surface area contributed by atoms with E-state index in [0.717, 1.165) is 41.4 Å². The SMILES string of the molecule is COc1ccc(CCNc2nc(Nc3cccnc3)nc3c2ncn3C2CCCCC2)cc1. The number of aromatic nitrogens is 5. The van der Waals surface area contributed by atoms with E-state index in [0.29, 0.717) is 12.0 Å². The number of pyridine rings is 1. The summed E-state index contributed by atoms with van der Waals surface area (Å²) in [5, 5.41) is 6.79. The van der Waals surface area contributed by atoms with Gasteiger partial charge >= 0.3 is 0 Å². The Morgan fingerprint density at radius 2 is 1.91 bits per heavy atom. The van der Waals surface area contributed by atoms with E-state index < -0.39 is 0 Å². The first-order chi connectivity index (χ1) is 16.3. The molecule has 33 heavy (non-hydrogen) atoms. The molecule has 0 saturated heterocycles. The normalized spacial score (nSPS) is 14.3. The molecule has 1 aliphatic carbocycles. The van der Waals surface area contributed by atoms with Gasteiger partial charge in [0, 0.05) is 18.8 Å².